The number of carbonyl (C=O) groups is 2. The molecule has 0 bridgehead atoms. The molecule has 0 saturated heterocycles. The Morgan fingerprint density at radius 1 is 1.46 bits per heavy atom. The van der Waals surface area contributed by atoms with Gasteiger partial charge in [0.15, 0.2) is 0 Å². The van der Waals surface area contributed by atoms with E-state index in [-0.39, 0.29) is 6.61 Å². The minimum atomic E-state index is -4.36. The normalized spacial score (nSPS) is 15.0. The van der Waals surface area contributed by atoms with Crippen LogP contribution in [0.25, 0.3) is 0 Å². The third kappa shape index (κ3) is 4.31. The molecule has 0 radical (unpaired) electrons. The number of carbonyl (C=O) groups excluding carboxylic acids is 2. The maximum absolute atomic E-state index is 11.0. The Kier molecular flexibility index (Phi) is 5.06. The minimum Gasteiger partial charge on any atom is -0.319 e. The van der Waals surface area contributed by atoms with E-state index in [2.05, 4.69) is 4.52 Å². The molecular formula is C7H13O5P. The van der Waals surface area contributed by atoms with Crippen LogP contribution in [0.3, 0.4) is 0 Å². The van der Waals surface area contributed by atoms with E-state index >= 15 is 0 Å². The van der Waals surface area contributed by atoms with Gasteiger partial charge in [-0.05, 0) is 6.42 Å². The van der Waals surface area contributed by atoms with Gasteiger partial charge < -0.3 is 9.42 Å². The summed E-state index contributed by atoms with van der Waals surface area (Å²) in [4.78, 5) is 30.2. The van der Waals surface area contributed by atoms with E-state index in [9.17, 15) is 14.2 Å². The van der Waals surface area contributed by atoms with Crippen molar-refractivity contribution in [3.05, 3.63) is 0 Å². The lowest BCUT2D eigenvalue weighted by Crippen LogP contribution is -2.12. The third-order valence-electron chi connectivity index (χ3n) is 1.32. The summed E-state index contributed by atoms with van der Waals surface area (Å²) in [5.74, 6) is -0.956. The first kappa shape index (κ1) is 12.5. The fraction of sp³-hybridized carbons (Fsp3) is 0.714. The molecule has 5 nitrogen and oxygen atoms in total. The number of Topliss-reactive ketones (excluding diaryl/α,β-unsaturated/α-hetero) is 1. The van der Waals surface area contributed by atoms with Crippen LogP contribution in [-0.4, -0.2) is 22.8 Å². The maximum Gasteiger partial charge on any atom is 0.402 e. The van der Waals surface area contributed by atoms with Crippen molar-refractivity contribution in [2.75, 3.05) is 6.61 Å². The Hall–Kier alpha value is -0.510. The standard InChI is InChI=1S/C7H13O5P/c1-3-4-5-12-13(10,11)7(9)6(2)8/h3-5H2,1-2H3,(H,10,11). The van der Waals surface area contributed by atoms with Gasteiger partial charge >= 0.3 is 13.1 Å². The second-order valence-electron chi connectivity index (χ2n) is 2.57. The van der Waals surface area contributed by atoms with Gasteiger partial charge in [0.1, 0.15) is 0 Å². The summed E-state index contributed by atoms with van der Waals surface area (Å²) in [6, 6.07) is 0. The summed E-state index contributed by atoms with van der Waals surface area (Å²) in [5, 5.41) is 0. The first-order valence-electron chi connectivity index (χ1n) is 3.94. The molecule has 13 heavy (non-hydrogen) atoms. The predicted molar refractivity (Wildman–Crippen MR) is 46.4 cm³/mol. The monoisotopic (exact) mass is 208 g/mol. The van der Waals surface area contributed by atoms with Crippen LogP contribution in [0.4, 0.5) is 0 Å². The lowest BCUT2D eigenvalue weighted by atomic mass is 10.4. The van der Waals surface area contributed by atoms with Crippen LogP contribution < -0.4 is 0 Å². The van der Waals surface area contributed by atoms with Gasteiger partial charge in [-0.15, -0.1) is 0 Å². The molecule has 76 valence electrons. The molecule has 0 amide bonds. The first-order chi connectivity index (χ1) is 5.91. The Labute approximate surface area is 76.6 Å². The zero-order valence-electron chi connectivity index (χ0n) is 7.65. The third-order valence-corrected chi connectivity index (χ3v) is 2.68. The van der Waals surface area contributed by atoms with Crippen LogP contribution in [0.5, 0.6) is 0 Å². The molecule has 0 rings (SSSR count). The Bertz CT molecular complexity index is 247. The summed E-state index contributed by atoms with van der Waals surface area (Å²) in [6.45, 7) is 2.83. The lowest BCUT2D eigenvalue weighted by molar-refractivity contribution is -0.131. The van der Waals surface area contributed by atoms with Gasteiger partial charge in [0.2, 0.25) is 5.78 Å². The average molecular weight is 208 g/mol. The smallest absolute Gasteiger partial charge is 0.319 e. The van der Waals surface area contributed by atoms with Crippen molar-refractivity contribution in [1.29, 1.82) is 0 Å². The molecule has 0 aliphatic heterocycles. The van der Waals surface area contributed by atoms with Crippen molar-refractivity contribution in [3.8, 4) is 0 Å². The van der Waals surface area contributed by atoms with Gasteiger partial charge in [-0.3, -0.25) is 14.2 Å². The minimum absolute atomic E-state index is 0.0172. The Morgan fingerprint density at radius 2 is 2.00 bits per heavy atom. The van der Waals surface area contributed by atoms with E-state index in [0.717, 1.165) is 13.3 Å². The second kappa shape index (κ2) is 5.27. The van der Waals surface area contributed by atoms with Crippen LogP contribution in [0, 0.1) is 0 Å². The van der Waals surface area contributed by atoms with E-state index < -0.39 is 18.9 Å². The molecule has 0 aromatic heterocycles. The van der Waals surface area contributed by atoms with E-state index in [4.69, 9.17) is 4.89 Å². The molecular weight excluding hydrogens is 195 g/mol. The van der Waals surface area contributed by atoms with Crippen molar-refractivity contribution in [2.24, 2.45) is 0 Å². The zero-order chi connectivity index (χ0) is 10.5. The topological polar surface area (TPSA) is 80.7 Å². The summed E-state index contributed by atoms with van der Waals surface area (Å²) in [5.41, 5.74) is -1.34. The van der Waals surface area contributed by atoms with Crippen molar-refractivity contribution >= 4 is 18.9 Å². The lowest BCUT2D eigenvalue weighted by Gasteiger charge is -2.07. The molecule has 0 heterocycles. The van der Waals surface area contributed by atoms with Crippen molar-refractivity contribution in [1.82, 2.24) is 0 Å². The molecule has 6 heteroatoms. The predicted octanol–water partition coefficient (Wildman–Crippen LogP) is 1.10. The molecule has 0 fully saturated rings. The van der Waals surface area contributed by atoms with Crippen LogP contribution in [-0.2, 0) is 18.7 Å². The highest BCUT2D eigenvalue weighted by Crippen LogP contribution is 2.43. The summed E-state index contributed by atoms with van der Waals surface area (Å²) in [7, 11) is -4.36. The van der Waals surface area contributed by atoms with E-state index in [0.29, 0.717) is 6.42 Å². The SMILES string of the molecule is CCCCOP(=O)(O)C(=O)C(C)=O. The number of hydrogen-bond acceptors (Lipinski definition) is 4. The molecule has 0 aliphatic rings. The van der Waals surface area contributed by atoms with Crippen LogP contribution >= 0.6 is 7.60 Å². The fourth-order valence-electron chi connectivity index (χ4n) is 0.590. The summed E-state index contributed by atoms with van der Waals surface area (Å²) < 4.78 is 15.4. The zero-order valence-corrected chi connectivity index (χ0v) is 8.54. The van der Waals surface area contributed by atoms with E-state index in [1.807, 2.05) is 6.92 Å². The van der Waals surface area contributed by atoms with Gasteiger partial charge in [-0.25, -0.2) is 0 Å². The van der Waals surface area contributed by atoms with Gasteiger partial charge in [0.25, 0.3) is 0 Å². The molecule has 0 aromatic rings. The largest absolute Gasteiger partial charge is 0.402 e. The summed E-state index contributed by atoms with van der Waals surface area (Å²) >= 11 is 0. The van der Waals surface area contributed by atoms with Crippen LogP contribution in [0.1, 0.15) is 26.7 Å². The van der Waals surface area contributed by atoms with Crippen molar-refractivity contribution < 1.29 is 23.6 Å². The molecule has 1 N–H and O–H groups in total. The van der Waals surface area contributed by atoms with Crippen molar-refractivity contribution in [2.45, 2.75) is 26.7 Å². The Morgan fingerprint density at radius 3 is 2.38 bits per heavy atom. The molecule has 1 atom stereocenters. The highest BCUT2D eigenvalue weighted by atomic mass is 31.2. The first-order valence-corrected chi connectivity index (χ1v) is 5.52. The van der Waals surface area contributed by atoms with E-state index in [1.54, 1.807) is 0 Å². The second-order valence-corrected chi connectivity index (χ2v) is 4.27. The molecule has 1 unspecified atom stereocenters. The maximum atomic E-state index is 11.0. The highest BCUT2D eigenvalue weighted by Gasteiger charge is 2.33. The molecule has 0 aliphatic carbocycles. The quantitative estimate of drug-likeness (QED) is 0.401. The molecule has 0 spiro atoms. The van der Waals surface area contributed by atoms with Gasteiger partial charge in [-0.2, -0.15) is 0 Å². The number of rotatable bonds is 6. The van der Waals surface area contributed by atoms with E-state index in [1.165, 1.54) is 0 Å². The number of hydrogen-bond donors (Lipinski definition) is 1. The number of unbranched alkanes of at least 4 members (excludes halogenated alkanes) is 1. The fourth-order valence-corrected chi connectivity index (χ4v) is 1.48. The van der Waals surface area contributed by atoms with Gasteiger partial charge in [0.05, 0.1) is 6.61 Å². The summed E-state index contributed by atoms with van der Waals surface area (Å²) in [6.07, 6.45) is 1.37. The van der Waals surface area contributed by atoms with Crippen LogP contribution in [0.2, 0.25) is 0 Å². The van der Waals surface area contributed by atoms with Gasteiger partial charge in [0, 0.05) is 6.92 Å². The highest BCUT2D eigenvalue weighted by molar-refractivity contribution is 7.74. The van der Waals surface area contributed by atoms with Crippen molar-refractivity contribution in [3.63, 3.8) is 0 Å². The van der Waals surface area contributed by atoms with Gasteiger partial charge in [-0.1, -0.05) is 13.3 Å². The molecule has 0 saturated carbocycles. The van der Waals surface area contributed by atoms with Crippen LogP contribution in [0.15, 0.2) is 0 Å². The molecule has 0 aromatic carbocycles. The Balaban J connectivity index is 4.16. The number of ketones is 1. The average Bonchev–Trinajstić information content (AvgIpc) is 2.03.